The van der Waals surface area contributed by atoms with Crippen LogP contribution in [0.3, 0.4) is 0 Å². The maximum Gasteiger partial charge on any atom is 0.305 e. The molecule has 0 spiro atoms. The number of aliphatic carboxylic acids is 1. The lowest BCUT2D eigenvalue weighted by Crippen LogP contribution is -2.42. The zero-order valence-corrected chi connectivity index (χ0v) is 24.8. The zero-order valence-electron chi connectivity index (χ0n) is 23.1. The topological polar surface area (TPSA) is 146 Å². The van der Waals surface area contributed by atoms with Crippen molar-refractivity contribution in [1.82, 2.24) is 9.88 Å². The third-order valence-corrected chi connectivity index (χ3v) is 11.9. The van der Waals surface area contributed by atoms with Crippen molar-refractivity contribution in [2.24, 2.45) is 29.6 Å². The highest BCUT2D eigenvalue weighted by Gasteiger charge is 2.69. The Morgan fingerprint density at radius 2 is 1.81 bits per heavy atom. The first-order chi connectivity index (χ1) is 20.7. The summed E-state index contributed by atoms with van der Waals surface area (Å²) in [6.07, 6.45) is 0.492. The molecule has 3 N–H and O–H groups in total. The first kappa shape index (κ1) is 27.9. The quantitative estimate of drug-likeness (QED) is 0.324. The van der Waals surface area contributed by atoms with Gasteiger partial charge in [0, 0.05) is 28.3 Å². The number of thiazole rings is 1. The van der Waals surface area contributed by atoms with Crippen molar-refractivity contribution in [3.05, 3.63) is 74.2 Å². The van der Waals surface area contributed by atoms with Gasteiger partial charge in [0.05, 0.1) is 23.3 Å². The number of carbonyl (C=O) groups is 4. The Balaban J connectivity index is 1.12. The molecule has 1 saturated heterocycles. The Labute approximate surface area is 254 Å². The van der Waals surface area contributed by atoms with Gasteiger partial charge in [-0.1, -0.05) is 35.6 Å². The standard InChI is InChI=1S/C31H29N3O7S2/c1-14-3-2-4-16(11-14)32-20(35)13-41-17-7-5-15(6-8-17)22-23-18-12-19(26(23)42-28-27(22)43-31(40)33-28)25-24(18)29(38)34(30(25)39)10-9-21(36)37/h2-8,11,18-19,22-26H,9-10,12-13H2,1H3,(H,32,35)(H,33,40)(H,36,37)/t18?,19?,22-,23?,24?,25?,26?/m1/s1. The van der Waals surface area contributed by atoms with Crippen LogP contribution >= 0.6 is 23.1 Å². The van der Waals surface area contributed by atoms with Gasteiger partial charge in [0.15, 0.2) is 6.61 Å². The monoisotopic (exact) mass is 619 g/mol. The Morgan fingerprint density at radius 1 is 1.07 bits per heavy atom. The third kappa shape index (κ3) is 4.76. The number of thioether (sulfide) groups is 1. The number of carbonyl (C=O) groups excluding carboxylic acids is 3. The largest absolute Gasteiger partial charge is 0.484 e. The lowest BCUT2D eigenvalue weighted by atomic mass is 9.68. The molecule has 2 saturated carbocycles. The summed E-state index contributed by atoms with van der Waals surface area (Å²) >= 11 is 2.79. The van der Waals surface area contributed by atoms with Gasteiger partial charge in [-0.3, -0.25) is 28.9 Å². The lowest BCUT2D eigenvalue weighted by molar-refractivity contribution is -0.142. The Hall–Kier alpha value is -3.90. The molecule has 10 nitrogen and oxygen atoms in total. The van der Waals surface area contributed by atoms with Gasteiger partial charge in [-0.25, -0.2) is 0 Å². The van der Waals surface area contributed by atoms with Gasteiger partial charge >= 0.3 is 10.8 Å². The second kappa shape index (κ2) is 10.7. The molecule has 4 aliphatic rings. The van der Waals surface area contributed by atoms with Crippen LogP contribution in [0.5, 0.6) is 5.75 Å². The van der Waals surface area contributed by atoms with Crippen LogP contribution in [0.4, 0.5) is 5.69 Å². The molecule has 2 aromatic carbocycles. The summed E-state index contributed by atoms with van der Waals surface area (Å²) in [6, 6.07) is 15.1. The predicted octanol–water partition coefficient (Wildman–Crippen LogP) is 3.71. The average molecular weight is 620 g/mol. The number of carboxylic acids is 1. The number of amides is 3. The average Bonchev–Trinajstić information content (AvgIpc) is 3.70. The number of anilines is 1. The molecule has 7 rings (SSSR count). The molecular weight excluding hydrogens is 590 g/mol. The lowest BCUT2D eigenvalue weighted by Gasteiger charge is -2.43. The number of aryl methyl sites for hydroxylation is 1. The Kier molecular flexibility index (Phi) is 6.93. The van der Waals surface area contributed by atoms with Crippen LogP contribution < -0.4 is 14.9 Å². The van der Waals surface area contributed by atoms with E-state index in [4.69, 9.17) is 9.84 Å². The summed E-state index contributed by atoms with van der Waals surface area (Å²) in [7, 11) is 0. The third-order valence-electron chi connectivity index (χ3n) is 9.28. The van der Waals surface area contributed by atoms with Gasteiger partial charge in [-0.15, -0.1) is 11.8 Å². The van der Waals surface area contributed by atoms with Crippen molar-refractivity contribution in [2.45, 2.75) is 36.0 Å². The van der Waals surface area contributed by atoms with E-state index in [0.717, 1.165) is 27.5 Å². The number of H-pyrrole nitrogens is 1. The summed E-state index contributed by atoms with van der Waals surface area (Å²) in [5.41, 5.74) is 2.72. The molecular formula is C31H29N3O7S2. The van der Waals surface area contributed by atoms with E-state index < -0.39 is 17.8 Å². The van der Waals surface area contributed by atoms with Gasteiger partial charge < -0.3 is 20.1 Å². The first-order valence-electron chi connectivity index (χ1n) is 14.3. The molecule has 12 heteroatoms. The van der Waals surface area contributed by atoms with Crippen molar-refractivity contribution >= 4 is 52.5 Å². The minimum absolute atomic E-state index is 0.0233. The van der Waals surface area contributed by atoms with Gasteiger partial charge in [0.25, 0.3) is 5.91 Å². The number of ether oxygens (including phenoxy) is 1. The van der Waals surface area contributed by atoms with E-state index >= 15 is 0 Å². The van der Waals surface area contributed by atoms with Crippen molar-refractivity contribution in [3.63, 3.8) is 0 Å². The molecule has 3 heterocycles. The Morgan fingerprint density at radius 3 is 2.53 bits per heavy atom. The number of aromatic amines is 1. The van der Waals surface area contributed by atoms with Crippen LogP contribution in [-0.4, -0.2) is 57.1 Å². The van der Waals surface area contributed by atoms with E-state index in [1.165, 1.54) is 16.2 Å². The van der Waals surface area contributed by atoms with Gasteiger partial charge in [0.2, 0.25) is 11.8 Å². The molecule has 0 radical (unpaired) electrons. The van der Waals surface area contributed by atoms with Gasteiger partial charge in [-0.05, 0) is 66.5 Å². The highest BCUT2D eigenvalue weighted by molar-refractivity contribution is 8.00. The molecule has 3 fully saturated rings. The second-order valence-corrected chi connectivity index (χ2v) is 13.9. The first-order valence-corrected chi connectivity index (χ1v) is 15.9. The number of fused-ring (bicyclic) bond motifs is 9. The fourth-order valence-corrected chi connectivity index (χ4v) is 10.6. The molecule has 6 unspecified atom stereocenters. The van der Waals surface area contributed by atoms with E-state index in [1.807, 2.05) is 55.5 Å². The van der Waals surface area contributed by atoms with E-state index in [-0.39, 0.29) is 71.1 Å². The number of carboxylic acid groups (broad SMARTS) is 1. The number of likely N-dealkylation sites (tertiary alicyclic amines) is 1. The maximum absolute atomic E-state index is 13.5. The number of imide groups is 1. The Bertz CT molecular complexity index is 1700. The van der Waals surface area contributed by atoms with Crippen molar-refractivity contribution in [1.29, 1.82) is 0 Å². The van der Waals surface area contributed by atoms with Gasteiger partial charge in [-0.2, -0.15) is 0 Å². The summed E-state index contributed by atoms with van der Waals surface area (Å²) in [5, 5.41) is 12.8. The number of nitrogens with zero attached hydrogens (tertiary/aromatic N) is 1. The van der Waals surface area contributed by atoms with E-state index in [0.29, 0.717) is 11.4 Å². The van der Waals surface area contributed by atoms with E-state index in [1.54, 1.807) is 11.8 Å². The number of rotatable bonds is 8. The fraction of sp³-hybridized carbons (Fsp3) is 0.387. The number of hydrogen-bond acceptors (Lipinski definition) is 8. The van der Waals surface area contributed by atoms with Crippen LogP contribution in [0.1, 0.15) is 34.8 Å². The molecule has 7 atom stereocenters. The zero-order chi connectivity index (χ0) is 30.0. The van der Waals surface area contributed by atoms with Crippen LogP contribution in [0.15, 0.2) is 58.4 Å². The van der Waals surface area contributed by atoms with Crippen LogP contribution in [0, 0.1) is 36.5 Å². The van der Waals surface area contributed by atoms with Gasteiger partial charge in [0.1, 0.15) is 5.75 Å². The highest BCUT2D eigenvalue weighted by atomic mass is 32.2. The molecule has 43 heavy (non-hydrogen) atoms. The highest BCUT2D eigenvalue weighted by Crippen LogP contribution is 2.68. The second-order valence-electron chi connectivity index (χ2n) is 11.7. The normalized spacial score (nSPS) is 28.4. The SMILES string of the molecule is Cc1cccc(NC(=O)COc2ccc([C@H]3c4sc(=O)[nH]c4SC4C5CC(C6C(=O)N(CCC(=O)O)C(=O)C56)C43)cc2)c1. The minimum atomic E-state index is -1.04. The van der Waals surface area contributed by atoms with E-state index in [9.17, 15) is 24.0 Å². The summed E-state index contributed by atoms with van der Waals surface area (Å²) in [5.74, 6) is -2.36. The smallest absolute Gasteiger partial charge is 0.305 e. The minimum Gasteiger partial charge on any atom is -0.484 e. The molecule has 1 aromatic heterocycles. The number of nitrogens with one attached hydrogen (secondary N) is 2. The summed E-state index contributed by atoms with van der Waals surface area (Å²) in [4.78, 5) is 67.8. The molecule has 2 bridgehead atoms. The molecule has 3 aromatic rings. The van der Waals surface area contributed by atoms with Crippen molar-refractivity contribution in [3.8, 4) is 5.75 Å². The molecule has 3 amide bonds. The summed E-state index contributed by atoms with van der Waals surface area (Å²) < 4.78 is 5.76. The van der Waals surface area contributed by atoms with Crippen LogP contribution in [-0.2, 0) is 19.2 Å². The van der Waals surface area contributed by atoms with E-state index in [2.05, 4.69) is 10.3 Å². The number of aromatic nitrogens is 1. The predicted molar refractivity (Wildman–Crippen MR) is 159 cm³/mol. The summed E-state index contributed by atoms with van der Waals surface area (Å²) in [6.45, 7) is 1.70. The maximum atomic E-state index is 13.5. The number of benzene rings is 2. The fourth-order valence-electron chi connectivity index (χ4n) is 7.72. The molecule has 222 valence electrons. The van der Waals surface area contributed by atoms with Crippen molar-refractivity contribution in [2.75, 3.05) is 18.5 Å². The number of hydrogen-bond donors (Lipinski definition) is 3. The molecule has 2 aliphatic heterocycles. The van der Waals surface area contributed by atoms with Crippen molar-refractivity contribution < 1.29 is 29.0 Å². The van der Waals surface area contributed by atoms with Crippen LogP contribution in [0.2, 0.25) is 0 Å². The van der Waals surface area contributed by atoms with Crippen LogP contribution in [0.25, 0.3) is 0 Å². The molecule has 2 aliphatic carbocycles.